The second-order valence-electron chi connectivity index (χ2n) is 13.2. The van der Waals surface area contributed by atoms with Crippen molar-refractivity contribution in [3.05, 3.63) is 142 Å². The Bertz CT molecular complexity index is 2740. The minimum Gasteiger partial charge on any atom is -0.486 e. The Labute approximate surface area is 323 Å². The zero-order valence-electron chi connectivity index (χ0n) is 30.2. The molecule has 2 N–H and O–H groups in total. The van der Waals surface area contributed by atoms with Crippen LogP contribution in [0.3, 0.4) is 0 Å². The Morgan fingerprint density at radius 3 is 1.62 bits per heavy atom. The summed E-state index contributed by atoms with van der Waals surface area (Å²) in [5, 5.41) is 11.6. The van der Waals surface area contributed by atoms with Crippen molar-refractivity contribution in [3.8, 4) is 17.2 Å². The van der Waals surface area contributed by atoms with E-state index in [1.165, 1.54) is 41.4 Å². The highest BCUT2D eigenvalue weighted by molar-refractivity contribution is 7.86. The van der Waals surface area contributed by atoms with Crippen LogP contribution in [0.4, 0.5) is 5.69 Å². The highest BCUT2D eigenvalue weighted by Gasteiger charge is 2.29. The van der Waals surface area contributed by atoms with Gasteiger partial charge in [0.15, 0.2) is 0 Å². The van der Waals surface area contributed by atoms with Crippen molar-refractivity contribution in [2.45, 2.75) is 48.7 Å². The molecule has 0 fully saturated rings. The Kier molecular flexibility index (Phi) is 10.3. The Morgan fingerprint density at radius 1 is 0.696 bits per heavy atom. The van der Waals surface area contributed by atoms with Crippen LogP contribution in [-0.4, -0.2) is 59.5 Å². The van der Waals surface area contributed by atoms with Gasteiger partial charge in [0.1, 0.15) is 23.7 Å². The molecule has 13 nitrogen and oxygen atoms in total. The summed E-state index contributed by atoms with van der Waals surface area (Å²) in [5.41, 5.74) is 4.33. The summed E-state index contributed by atoms with van der Waals surface area (Å²) < 4.78 is 78.1. The second-order valence-corrected chi connectivity index (χ2v) is 16.1. The number of ether oxygens (including phenoxy) is 2. The van der Waals surface area contributed by atoms with Gasteiger partial charge in [-0.2, -0.15) is 32.0 Å². The molecule has 0 saturated carbocycles. The number of nitrogens with zero attached hydrogens (tertiary/aromatic N) is 4. The van der Waals surface area contributed by atoms with E-state index in [4.69, 9.17) is 9.47 Å². The molecule has 1 aliphatic carbocycles. The summed E-state index contributed by atoms with van der Waals surface area (Å²) in [4.78, 5) is 12.7. The summed E-state index contributed by atoms with van der Waals surface area (Å²) >= 11 is 0. The van der Waals surface area contributed by atoms with Gasteiger partial charge in [-0.3, -0.25) is 13.9 Å². The maximum absolute atomic E-state index is 13.2. The average Bonchev–Trinajstić information content (AvgIpc) is 3.61. The first-order valence-electron chi connectivity index (χ1n) is 17.4. The molecule has 2 aliphatic rings. The molecule has 2 unspecified atom stereocenters. The number of hydrogen-bond acceptors (Lipinski definition) is 9. The number of carbonyl (C=O) groups is 1. The standard InChI is InChI=1S/C41H36N4O9S2/c1-26-39(28(3)44(42-26)31-8-20-37(21-9-31)55(47,48)49)24-29-4-12-33(13-5-29)53-35-16-18-36(19-17-35)54-34-14-6-30(7-15-34)25-40-27(2)43-45(41(40)46)32-10-22-38(23-11-32)56(50,51)52/h4-16,18,20-25,35-36H,3,17,19H2,1-2H3,(H,47,48,49)(H,50,51,52)/b39-24+,40-25?. The third-order valence-corrected chi connectivity index (χ3v) is 11.0. The largest absolute Gasteiger partial charge is 0.486 e. The number of aromatic nitrogens is 2. The predicted molar refractivity (Wildman–Crippen MR) is 211 cm³/mol. The summed E-state index contributed by atoms with van der Waals surface area (Å²) in [7, 11) is -8.65. The monoisotopic (exact) mass is 792 g/mol. The SMILES string of the molecule is C=c1/c(=C/c2ccc(OC3C=CC(Oc4ccc(C=C5C(=O)N(c6ccc(S(=O)(=O)O)cc6)N=C5C)cc4)CC3)cc2)c(C)nn1-c1ccc(S(=O)(=O)O)cc1. The van der Waals surface area contributed by atoms with Crippen molar-refractivity contribution < 1.29 is 40.2 Å². The van der Waals surface area contributed by atoms with Crippen LogP contribution in [0.15, 0.2) is 130 Å². The zero-order chi connectivity index (χ0) is 39.8. The van der Waals surface area contributed by atoms with Crippen molar-refractivity contribution in [2.24, 2.45) is 5.10 Å². The van der Waals surface area contributed by atoms with Gasteiger partial charge < -0.3 is 9.47 Å². The van der Waals surface area contributed by atoms with E-state index >= 15 is 0 Å². The van der Waals surface area contributed by atoms with Crippen molar-refractivity contribution in [3.63, 3.8) is 0 Å². The normalized spacial score (nSPS) is 18.4. The van der Waals surface area contributed by atoms with Crippen LogP contribution in [0.1, 0.15) is 36.6 Å². The third kappa shape index (κ3) is 8.40. The molecule has 7 rings (SSSR count). The number of rotatable bonds is 10. The van der Waals surface area contributed by atoms with E-state index in [0.29, 0.717) is 33.8 Å². The lowest BCUT2D eigenvalue weighted by Crippen LogP contribution is -2.27. The van der Waals surface area contributed by atoms with Gasteiger partial charge in [-0.25, -0.2) is 4.68 Å². The van der Waals surface area contributed by atoms with Gasteiger partial charge in [0, 0.05) is 5.22 Å². The number of hydrogen-bond donors (Lipinski definition) is 2. The molecular weight excluding hydrogens is 757 g/mol. The van der Waals surface area contributed by atoms with E-state index < -0.39 is 20.2 Å². The average molecular weight is 793 g/mol. The minimum absolute atomic E-state index is 0.119. The van der Waals surface area contributed by atoms with E-state index in [-0.39, 0.29) is 27.9 Å². The Morgan fingerprint density at radius 2 is 1.16 bits per heavy atom. The molecule has 0 bridgehead atoms. The van der Waals surface area contributed by atoms with Crippen molar-refractivity contribution in [2.75, 3.05) is 5.01 Å². The minimum atomic E-state index is -4.35. The lowest BCUT2D eigenvalue weighted by molar-refractivity contribution is -0.114. The topological polar surface area (TPSA) is 178 Å². The molecule has 2 heterocycles. The first-order chi connectivity index (χ1) is 26.6. The molecule has 1 amide bonds. The summed E-state index contributed by atoms with van der Waals surface area (Å²) in [6, 6.07) is 26.1. The quantitative estimate of drug-likeness (QED) is 0.108. The van der Waals surface area contributed by atoms with Crippen molar-refractivity contribution in [1.82, 2.24) is 9.78 Å². The Balaban J connectivity index is 0.935. The van der Waals surface area contributed by atoms with Crippen LogP contribution in [0.2, 0.25) is 0 Å². The van der Waals surface area contributed by atoms with Crippen LogP contribution in [0.5, 0.6) is 11.5 Å². The number of aryl methyl sites for hydroxylation is 1. The lowest BCUT2D eigenvalue weighted by atomic mass is 10.0. The molecule has 286 valence electrons. The third-order valence-electron chi connectivity index (χ3n) is 9.26. The molecule has 0 saturated heterocycles. The summed E-state index contributed by atoms with van der Waals surface area (Å²) in [6.45, 7) is 7.77. The fraction of sp³-hybridized carbons (Fsp3) is 0.146. The number of hydrazone groups is 1. The van der Waals surface area contributed by atoms with Gasteiger partial charge in [-0.05, 0) is 135 Å². The van der Waals surface area contributed by atoms with Gasteiger partial charge in [0.05, 0.1) is 43.5 Å². The fourth-order valence-electron chi connectivity index (χ4n) is 6.30. The number of benzene rings is 4. The van der Waals surface area contributed by atoms with E-state index in [1.807, 2.05) is 73.7 Å². The molecule has 2 atom stereocenters. The molecule has 15 heteroatoms. The molecule has 4 aromatic carbocycles. The molecule has 5 aromatic rings. The van der Waals surface area contributed by atoms with Crippen LogP contribution in [0, 0.1) is 6.92 Å². The van der Waals surface area contributed by atoms with Crippen LogP contribution in [-0.2, 0) is 25.0 Å². The van der Waals surface area contributed by atoms with E-state index in [0.717, 1.165) is 40.6 Å². The molecule has 0 spiro atoms. The van der Waals surface area contributed by atoms with Crippen LogP contribution in [0.25, 0.3) is 24.4 Å². The fourth-order valence-corrected chi connectivity index (χ4v) is 7.26. The smallest absolute Gasteiger partial charge is 0.294 e. The highest BCUT2D eigenvalue weighted by atomic mass is 32.2. The zero-order valence-corrected chi connectivity index (χ0v) is 31.8. The summed E-state index contributed by atoms with van der Waals surface area (Å²) in [6.07, 6.45) is 8.95. The first kappa shape index (κ1) is 38.2. The van der Waals surface area contributed by atoms with Gasteiger partial charge >= 0.3 is 0 Å². The van der Waals surface area contributed by atoms with Gasteiger partial charge in [0.25, 0.3) is 26.1 Å². The Hall–Kier alpha value is -6.13. The van der Waals surface area contributed by atoms with Crippen LogP contribution >= 0.6 is 0 Å². The number of carbonyl (C=O) groups excluding carboxylic acids is 1. The molecule has 1 aliphatic heterocycles. The van der Waals surface area contributed by atoms with E-state index in [2.05, 4.69) is 16.8 Å². The van der Waals surface area contributed by atoms with Crippen LogP contribution < -0.4 is 25.1 Å². The van der Waals surface area contributed by atoms with E-state index in [1.54, 1.807) is 29.8 Å². The highest BCUT2D eigenvalue weighted by Crippen LogP contribution is 2.28. The molecule has 0 radical (unpaired) electrons. The molecular formula is C41H36N4O9S2. The van der Waals surface area contributed by atoms with E-state index in [9.17, 15) is 30.7 Å². The van der Waals surface area contributed by atoms with Gasteiger partial charge in [0.2, 0.25) is 0 Å². The number of amides is 1. The maximum atomic E-state index is 13.2. The van der Waals surface area contributed by atoms with Gasteiger partial charge in [-0.1, -0.05) is 30.8 Å². The maximum Gasteiger partial charge on any atom is 0.294 e. The lowest BCUT2D eigenvalue weighted by Gasteiger charge is -2.24. The molecule has 1 aromatic heterocycles. The van der Waals surface area contributed by atoms with Crippen molar-refractivity contribution >= 4 is 56.3 Å². The predicted octanol–water partition coefficient (Wildman–Crippen LogP) is 5.26. The number of anilines is 1. The first-order valence-corrected chi connectivity index (χ1v) is 20.3. The van der Waals surface area contributed by atoms with Crippen molar-refractivity contribution in [1.29, 1.82) is 0 Å². The second kappa shape index (κ2) is 15.2. The molecule has 56 heavy (non-hydrogen) atoms. The van der Waals surface area contributed by atoms with Gasteiger partial charge in [-0.15, -0.1) is 0 Å². The summed E-state index contributed by atoms with van der Waals surface area (Å²) in [5.74, 6) is 1.04.